The Hall–Kier alpha value is -3.28. The van der Waals surface area contributed by atoms with Gasteiger partial charge in [0.15, 0.2) is 5.78 Å². The summed E-state index contributed by atoms with van der Waals surface area (Å²) in [4.78, 5) is 23.2. The van der Waals surface area contributed by atoms with Gasteiger partial charge in [0.2, 0.25) is 0 Å². The number of para-hydroxylation sites is 1. The second kappa shape index (κ2) is 8.69. The van der Waals surface area contributed by atoms with Crippen LogP contribution in [-0.4, -0.2) is 16.9 Å². The second-order valence-electron chi connectivity index (χ2n) is 9.20. The molecule has 0 amide bonds. The molecule has 0 radical (unpaired) electrons. The van der Waals surface area contributed by atoms with Crippen LogP contribution in [0.5, 0.6) is 0 Å². The molecule has 1 unspecified atom stereocenters. The minimum absolute atomic E-state index is 0.0454. The largest absolute Gasteiger partial charge is 0.297 e. The highest BCUT2D eigenvalue weighted by atomic mass is 16.7. The van der Waals surface area contributed by atoms with Crippen LogP contribution in [-0.2, 0) is 10.3 Å². The van der Waals surface area contributed by atoms with Crippen LogP contribution in [0.2, 0.25) is 0 Å². The van der Waals surface area contributed by atoms with Gasteiger partial charge < -0.3 is 0 Å². The molecule has 0 bridgehead atoms. The highest BCUT2D eigenvalue weighted by Crippen LogP contribution is 2.30. The SMILES string of the molecule is Cc1ccc2c(NNOC(C)C(=O)c3ccc(C(C)(C)C)cc3)c3ccccc3nc2c1. The molecule has 5 nitrogen and oxygen atoms in total. The number of hydrogen-bond donors (Lipinski definition) is 2. The fourth-order valence-corrected chi connectivity index (χ4v) is 3.73. The molecule has 0 saturated heterocycles. The summed E-state index contributed by atoms with van der Waals surface area (Å²) in [5, 5.41) is 1.94. The van der Waals surface area contributed by atoms with Gasteiger partial charge in [-0.25, -0.2) is 4.98 Å². The highest BCUT2D eigenvalue weighted by molar-refractivity contribution is 6.07. The molecular formula is C27H29N3O2. The smallest absolute Gasteiger partial charge is 0.193 e. The number of rotatable bonds is 6. The molecule has 0 aliphatic rings. The number of aromatic nitrogens is 1. The Labute approximate surface area is 188 Å². The van der Waals surface area contributed by atoms with Crippen molar-refractivity contribution < 1.29 is 9.63 Å². The van der Waals surface area contributed by atoms with E-state index in [0.717, 1.165) is 33.1 Å². The van der Waals surface area contributed by atoms with E-state index < -0.39 is 6.10 Å². The van der Waals surface area contributed by atoms with Crippen LogP contribution in [0.4, 0.5) is 5.69 Å². The van der Waals surface area contributed by atoms with Crippen molar-refractivity contribution in [2.24, 2.45) is 0 Å². The van der Waals surface area contributed by atoms with Crippen LogP contribution in [0.1, 0.15) is 49.2 Å². The third-order valence-electron chi connectivity index (χ3n) is 5.65. The van der Waals surface area contributed by atoms with Crippen molar-refractivity contribution in [2.45, 2.75) is 46.1 Å². The third-order valence-corrected chi connectivity index (χ3v) is 5.65. The van der Waals surface area contributed by atoms with Gasteiger partial charge in [0.1, 0.15) is 6.10 Å². The minimum Gasteiger partial charge on any atom is -0.297 e. The van der Waals surface area contributed by atoms with Crippen LogP contribution >= 0.6 is 0 Å². The predicted molar refractivity (Wildman–Crippen MR) is 131 cm³/mol. The summed E-state index contributed by atoms with van der Waals surface area (Å²) < 4.78 is 0. The Morgan fingerprint density at radius 1 is 0.938 bits per heavy atom. The van der Waals surface area contributed by atoms with Crippen LogP contribution in [0.3, 0.4) is 0 Å². The normalized spacial score (nSPS) is 12.8. The van der Waals surface area contributed by atoms with Crippen molar-refractivity contribution in [3.63, 3.8) is 0 Å². The number of aryl methyl sites for hydroxylation is 1. The highest BCUT2D eigenvalue weighted by Gasteiger charge is 2.19. The molecular weight excluding hydrogens is 398 g/mol. The second-order valence-corrected chi connectivity index (χ2v) is 9.20. The molecule has 2 N–H and O–H groups in total. The first-order valence-corrected chi connectivity index (χ1v) is 10.8. The number of benzene rings is 3. The van der Waals surface area contributed by atoms with E-state index in [0.29, 0.717) is 5.56 Å². The molecule has 3 aromatic carbocycles. The number of carbonyl (C=O) groups excluding carboxylic acids is 1. The lowest BCUT2D eigenvalue weighted by Crippen LogP contribution is -2.32. The van der Waals surface area contributed by atoms with Crippen molar-refractivity contribution in [1.82, 2.24) is 10.6 Å². The molecule has 4 rings (SSSR count). The zero-order valence-corrected chi connectivity index (χ0v) is 19.2. The zero-order valence-electron chi connectivity index (χ0n) is 19.2. The van der Waals surface area contributed by atoms with Crippen molar-refractivity contribution in [2.75, 3.05) is 5.43 Å². The van der Waals surface area contributed by atoms with Gasteiger partial charge in [0, 0.05) is 16.3 Å². The number of nitrogens with zero attached hydrogens (tertiary/aromatic N) is 1. The first-order chi connectivity index (χ1) is 15.2. The maximum Gasteiger partial charge on any atom is 0.193 e. The molecule has 0 spiro atoms. The number of nitrogens with one attached hydrogen (secondary N) is 2. The number of pyridine rings is 1. The lowest BCUT2D eigenvalue weighted by molar-refractivity contribution is 0.00520. The van der Waals surface area contributed by atoms with Crippen molar-refractivity contribution in [1.29, 1.82) is 0 Å². The predicted octanol–water partition coefficient (Wildman–Crippen LogP) is 6.11. The molecule has 1 heterocycles. The average Bonchev–Trinajstić information content (AvgIpc) is 2.77. The molecule has 0 fully saturated rings. The fourth-order valence-electron chi connectivity index (χ4n) is 3.73. The number of hydrogen-bond acceptors (Lipinski definition) is 5. The minimum atomic E-state index is -0.662. The fraction of sp³-hybridized carbons (Fsp3) is 0.259. The average molecular weight is 428 g/mol. The quantitative estimate of drug-likeness (QED) is 0.221. The number of Topliss-reactive ketones (excluding diaryl/α,β-unsaturated/α-hetero) is 1. The molecule has 1 aromatic heterocycles. The molecule has 0 aliphatic heterocycles. The summed E-state index contributed by atoms with van der Waals surface area (Å²) >= 11 is 0. The lowest BCUT2D eigenvalue weighted by atomic mass is 9.86. The van der Waals surface area contributed by atoms with Gasteiger partial charge in [-0.3, -0.25) is 15.1 Å². The maximum absolute atomic E-state index is 12.8. The van der Waals surface area contributed by atoms with Crippen LogP contribution in [0.15, 0.2) is 66.7 Å². The van der Waals surface area contributed by atoms with Gasteiger partial charge in [-0.2, -0.15) is 0 Å². The standard InChI is InChI=1S/C27H29N3O2/c1-17-10-15-22-24(16-17)28-23-9-7-6-8-21(23)25(22)29-30-32-18(2)26(31)19-11-13-20(14-12-19)27(3,4)5/h6-16,18,30H,1-5H3,(H,28,29). The zero-order chi connectivity index (χ0) is 22.9. The molecule has 5 heteroatoms. The number of ketones is 1. The maximum atomic E-state index is 12.8. The van der Waals surface area contributed by atoms with E-state index in [4.69, 9.17) is 9.82 Å². The Morgan fingerprint density at radius 2 is 1.62 bits per heavy atom. The first kappa shape index (κ1) is 21.9. The summed E-state index contributed by atoms with van der Waals surface area (Å²) in [6, 6.07) is 21.8. The van der Waals surface area contributed by atoms with Crippen molar-refractivity contribution >= 4 is 33.3 Å². The van der Waals surface area contributed by atoms with Crippen molar-refractivity contribution in [3.8, 4) is 0 Å². The summed E-state index contributed by atoms with van der Waals surface area (Å²) in [6.07, 6.45) is -0.662. The first-order valence-electron chi connectivity index (χ1n) is 10.8. The summed E-state index contributed by atoms with van der Waals surface area (Å²) in [5.41, 5.74) is 11.6. The molecule has 4 aromatic rings. The number of hydrazine groups is 1. The van der Waals surface area contributed by atoms with E-state index >= 15 is 0 Å². The van der Waals surface area contributed by atoms with Gasteiger partial charge >= 0.3 is 0 Å². The lowest BCUT2D eigenvalue weighted by Gasteiger charge is -2.20. The van der Waals surface area contributed by atoms with Gasteiger partial charge in [-0.05, 0) is 42.5 Å². The van der Waals surface area contributed by atoms with Gasteiger partial charge in [-0.1, -0.05) is 75.4 Å². The van der Waals surface area contributed by atoms with E-state index in [9.17, 15) is 4.79 Å². The van der Waals surface area contributed by atoms with Gasteiger partial charge in [0.25, 0.3) is 0 Å². The summed E-state index contributed by atoms with van der Waals surface area (Å²) in [7, 11) is 0. The van der Waals surface area contributed by atoms with Gasteiger partial charge in [0.05, 0.1) is 16.7 Å². The number of carbonyl (C=O) groups is 1. The molecule has 0 aliphatic carbocycles. The molecule has 1 atom stereocenters. The van der Waals surface area contributed by atoms with Crippen molar-refractivity contribution in [3.05, 3.63) is 83.4 Å². The van der Waals surface area contributed by atoms with E-state index in [2.05, 4.69) is 43.9 Å². The van der Waals surface area contributed by atoms with Gasteiger partial charge in [-0.15, -0.1) is 5.59 Å². The van der Waals surface area contributed by atoms with E-state index in [1.165, 1.54) is 5.56 Å². The van der Waals surface area contributed by atoms with E-state index in [1.54, 1.807) is 6.92 Å². The Kier molecular flexibility index (Phi) is 5.96. The summed E-state index contributed by atoms with van der Waals surface area (Å²) in [5.74, 6) is -0.0835. The molecule has 0 saturated carbocycles. The van der Waals surface area contributed by atoms with Crippen LogP contribution in [0.25, 0.3) is 21.8 Å². The van der Waals surface area contributed by atoms with E-state index in [1.807, 2.05) is 61.5 Å². The number of anilines is 1. The molecule has 164 valence electrons. The summed E-state index contributed by atoms with van der Waals surface area (Å²) in [6.45, 7) is 10.2. The monoisotopic (exact) mass is 427 g/mol. The number of fused-ring (bicyclic) bond motifs is 2. The Bertz CT molecular complexity index is 1270. The topological polar surface area (TPSA) is 63.2 Å². The Balaban J connectivity index is 1.50. The molecule has 32 heavy (non-hydrogen) atoms. The van der Waals surface area contributed by atoms with E-state index in [-0.39, 0.29) is 11.2 Å². The Morgan fingerprint density at radius 3 is 2.34 bits per heavy atom. The van der Waals surface area contributed by atoms with Crippen LogP contribution < -0.4 is 11.0 Å². The third kappa shape index (κ3) is 4.49. The van der Waals surface area contributed by atoms with Crippen LogP contribution in [0, 0.1) is 6.92 Å².